The van der Waals surface area contributed by atoms with E-state index in [1.54, 1.807) is 16.9 Å². The van der Waals surface area contributed by atoms with Gasteiger partial charge in [-0.2, -0.15) is 5.10 Å². The maximum Gasteiger partial charge on any atom is 0.272 e. The number of amides is 1. The van der Waals surface area contributed by atoms with Gasteiger partial charge in [-0.1, -0.05) is 23.3 Å². The lowest BCUT2D eigenvalue weighted by Crippen LogP contribution is -2.36. The number of hydrogen-bond acceptors (Lipinski definition) is 3. The molecule has 1 saturated heterocycles. The second-order valence-electron chi connectivity index (χ2n) is 7.16. The second-order valence-corrected chi connectivity index (χ2v) is 7.16. The number of nitrogens with zero attached hydrogens (tertiary/aromatic N) is 4. The van der Waals surface area contributed by atoms with E-state index >= 15 is 0 Å². The molecule has 25 heavy (non-hydrogen) atoms. The van der Waals surface area contributed by atoms with Gasteiger partial charge < -0.3 is 4.90 Å². The molecule has 0 radical (unpaired) electrons. The lowest BCUT2D eigenvalue weighted by molar-refractivity contribution is 0.0751. The first kappa shape index (κ1) is 19.4. The molecule has 1 aromatic heterocycles. The van der Waals surface area contributed by atoms with E-state index in [4.69, 9.17) is 0 Å². The van der Waals surface area contributed by atoms with E-state index in [1.165, 1.54) is 11.1 Å². The second kappa shape index (κ2) is 9.56. The summed E-state index contributed by atoms with van der Waals surface area (Å²) in [5, 5.41) is 4.10. The summed E-state index contributed by atoms with van der Waals surface area (Å²) in [5.41, 5.74) is 3.51. The summed E-state index contributed by atoms with van der Waals surface area (Å²) in [5.74, 6) is 0.0929. The molecular weight excluding hydrogens is 312 g/mol. The predicted octanol–water partition coefficient (Wildman–Crippen LogP) is 3.26. The molecule has 1 aliphatic heterocycles. The molecule has 0 saturated carbocycles. The quantitative estimate of drug-likeness (QED) is 0.744. The highest BCUT2D eigenvalue weighted by atomic mass is 16.2. The Balaban J connectivity index is 1.82. The first-order valence-electron chi connectivity index (χ1n) is 9.26. The molecule has 0 atom stereocenters. The average Bonchev–Trinajstić information content (AvgIpc) is 2.85. The van der Waals surface area contributed by atoms with Crippen molar-refractivity contribution in [1.82, 2.24) is 19.6 Å². The minimum absolute atomic E-state index is 0.0929. The van der Waals surface area contributed by atoms with Gasteiger partial charge >= 0.3 is 0 Å². The third kappa shape index (κ3) is 6.16. The maximum atomic E-state index is 12.6. The molecule has 0 aliphatic carbocycles. The van der Waals surface area contributed by atoms with Crippen LogP contribution in [0.5, 0.6) is 0 Å². The molecule has 0 spiro atoms. The van der Waals surface area contributed by atoms with E-state index in [1.807, 2.05) is 11.9 Å². The van der Waals surface area contributed by atoms with Gasteiger partial charge in [-0.05, 0) is 46.1 Å². The maximum absolute atomic E-state index is 12.6. The molecule has 1 aromatic rings. The van der Waals surface area contributed by atoms with E-state index in [2.05, 4.69) is 42.9 Å². The van der Waals surface area contributed by atoms with Crippen molar-refractivity contribution in [2.45, 2.75) is 40.0 Å². The van der Waals surface area contributed by atoms with Gasteiger partial charge in [0.25, 0.3) is 5.91 Å². The zero-order valence-electron chi connectivity index (χ0n) is 16.2. The minimum Gasteiger partial charge on any atom is -0.336 e. The van der Waals surface area contributed by atoms with E-state index in [9.17, 15) is 4.79 Å². The van der Waals surface area contributed by atoms with Crippen molar-refractivity contribution >= 4 is 5.91 Å². The van der Waals surface area contributed by atoms with Crippen molar-refractivity contribution in [3.8, 4) is 0 Å². The molecule has 0 unspecified atom stereocenters. The Morgan fingerprint density at radius 1 is 1.16 bits per heavy atom. The Bertz CT molecular complexity index is 625. The predicted molar refractivity (Wildman–Crippen MR) is 103 cm³/mol. The van der Waals surface area contributed by atoms with Gasteiger partial charge in [0.15, 0.2) is 0 Å². The topological polar surface area (TPSA) is 41.4 Å². The summed E-state index contributed by atoms with van der Waals surface area (Å²) in [6, 6.07) is 1.80. The molecule has 1 aliphatic rings. The number of hydrogen-bond donors (Lipinski definition) is 0. The molecule has 1 fully saturated rings. The van der Waals surface area contributed by atoms with Crippen molar-refractivity contribution in [2.24, 2.45) is 7.05 Å². The van der Waals surface area contributed by atoms with Crippen LogP contribution in [-0.4, -0.2) is 58.2 Å². The fraction of sp³-hybridized carbons (Fsp3) is 0.600. The van der Waals surface area contributed by atoms with Crippen LogP contribution in [0.4, 0.5) is 0 Å². The third-order valence-corrected chi connectivity index (χ3v) is 4.70. The molecule has 2 rings (SSSR count). The molecule has 5 heteroatoms. The molecule has 1 amide bonds. The van der Waals surface area contributed by atoms with Gasteiger partial charge in [-0.15, -0.1) is 0 Å². The van der Waals surface area contributed by atoms with Crippen LogP contribution in [0.25, 0.3) is 0 Å². The Kier molecular flexibility index (Phi) is 7.44. The lowest BCUT2D eigenvalue weighted by Gasteiger charge is -2.21. The summed E-state index contributed by atoms with van der Waals surface area (Å²) in [6.45, 7) is 11.1. The summed E-state index contributed by atoms with van der Waals surface area (Å²) >= 11 is 0. The molecular formula is C20H32N4O. The molecule has 138 valence electrons. The van der Waals surface area contributed by atoms with E-state index in [0.717, 1.165) is 52.0 Å². The van der Waals surface area contributed by atoms with Crippen LogP contribution in [-0.2, 0) is 7.05 Å². The Labute approximate surface area is 152 Å². The van der Waals surface area contributed by atoms with Crippen LogP contribution >= 0.6 is 0 Å². The SMILES string of the molecule is CC(C)=CCC/C(C)=C/CN1CCCN(C(=O)c2ccnn2C)CC1. The third-order valence-electron chi connectivity index (χ3n) is 4.70. The zero-order chi connectivity index (χ0) is 18.2. The lowest BCUT2D eigenvalue weighted by atomic mass is 10.1. The van der Waals surface area contributed by atoms with Crippen molar-refractivity contribution in [3.63, 3.8) is 0 Å². The van der Waals surface area contributed by atoms with Crippen molar-refractivity contribution in [1.29, 1.82) is 0 Å². The Morgan fingerprint density at radius 3 is 2.64 bits per heavy atom. The first-order chi connectivity index (χ1) is 12.0. The van der Waals surface area contributed by atoms with Crippen LogP contribution in [0.2, 0.25) is 0 Å². The standard InChI is InChI=1S/C20H32N4O/c1-17(2)7-5-8-18(3)10-14-23-12-6-13-24(16-15-23)20(25)19-9-11-21-22(19)4/h7,9-11H,5-6,8,12-16H2,1-4H3/b18-10+. The molecule has 0 aromatic carbocycles. The highest BCUT2D eigenvalue weighted by Gasteiger charge is 2.21. The number of rotatable bonds is 6. The number of aryl methyl sites for hydroxylation is 1. The van der Waals surface area contributed by atoms with Crippen molar-refractivity contribution in [3.05, 3.63) is 41.3 Å². The zero-order valence-corrected chi connectivity index (χ0v) is 16.2. The average molecular weight is 345 g/mol. The van der Waals surface area contributed by atoms with Gasteiger partial charge in [0.2, 0.25) is 0 Å². The molecule has 0 bridgehead atoms. The Morgan fingerprint density at radius 2 is 1.96 bits per heavy atom. The minimum atomic E-state index is 0.0929. The summed E-state index contributed by atoms with van der Waals surface area (Å²) in [6.07, 6.45) is 9.60. The summed E-state index contributed by atoms with van der Waals surface area (Å²) < 4.78 is 1.66. The highest BCUT2D eigenvalue weighted by molar-refractivity contribution is 5.92. The number of carbonyl (C=O) groups excluding carboxylic acids is 1. The normalized spacial score (nSPS) is 16.6. The van der Waals surface area contributed by atoms with Crippen LogP contribution in [0.15, 0.2) is 35.6 Å². The van der Waals surface area contributed by atoms with E-state index in [0.29, 0.717) is 5.69 Å². The first-order valence-corrected chi connectivity index (χ1v) is 9.26. The van der Waals surface area contributed by atoms with Crippen LogP contribution in [0.3, 0.4) is 0 Å². The van der Waals surface area contributed by atoms with Crippen molar-refractivity contribution in [2.75, 3.05) is 32.7 Å². The van der Waals surface area contributed by atoms with E-state index < -0.39 is 0 Å². The number of allylic oxidation sites excluding steroid dienone is 3. The smallest absolute Gasteiger partial charge is 0.272 e. The van der Waals surface area contributed by atoms with Crippen LogP contribution < -0.4 is 0 Å². The van der Waals surface area contributed by atoms with Gasteiger partial charge in [0.1, 0.15) is 5.69 Å². The van der Waals surface area contributed by atoms with Gasteiger partial charge in [-0.25, -0.2) is 0 Å². The van der Waals surface area contributed by atoms with E-state index in [-0.39, 0.29) is 5.91 Å². The van der Waals surface area contributed by atoms with Gasteiger partial charge in [0.05, 0.1) is 0 Å². The Hall–Kier alpha value is -1.88. The monoisotopic (exact) mass is 344 g/mol. The number of aromatic nitrogens is 2. The summed E-state index contributed by atoms with van der Waals surface area (Å²) in [4.78, 5) is 17.0. The molecule has 2 heterocycles. The van der Waals surface area contributed by atoms with Gasteiger partial charge in [-0.3, -0.25) is 14.4 Å². The summed E-state index contributed by atoms with van der Waals surface area (Å²) in [7, 11) is 1.82. The highest BCUT2D eigenvalue weighted by Crippen LogP contribution is 2.10. The van der Waals surface area contributed by atoms with Gasteiger partial charge in [0, 0.05) is 46.0 Å². The number of carbonyl (C=O) groups is 1. The van der Waals surface area contributed by atoms with Crippen LogP contribution in [0.1, 0.15) is 50.5 Å². The molecule has 5 nitrogen and oxygen atoms in total. The largest absolute Gasteiger partial charge is 0.336 e. The fourth-order valence-corrected chi connectivity index (χ4v) is 3.08. The molecule has 0 N–H and O–H groups in total. The fourth-order valence-electron chi connectivity index (χ4n) is 3.08. The van der Waals surface area contributed by atoms with Crippen LogP contribution in [0, 0.1) is 0 Å². The van der Waals surface area contributed by atoms with Crippen molar-refractivity contribution < 1.29 is 4.79 Å².